The molecule has 0 spiro atoms. The number of nitrogens with two attached hydrogens (primary N) is 1. The van der Waals surface area contributed by atoms with E-state index in [-0.39, 0.29) is 0 Å². The van der Waals surface area contributed by atoms with Gasteiger partial charge in [-0.05, 0) is 37.1 Å². The quantitative estimate of drug-likeness (QED) is 0.869. The molecule has 0 aliphatic heterocycles. The summed E-state index contributed by atoms with van der Waals surface area (Å²) in [6, 6.07) is 11.6. The van der Waals surface area contributed by atoms with E-state index in [0.717, 1.165) is 16.7 Å². The topological polar surface area (TPSA) is 59.1 Å². The Morgan fingerprint density at radius 3 is 2.72 bits per heavy atom. The number of aryl methyl sites for hydroxylation is 1. The number of aliphatic hydroxyl groups is 1. The number of nitrogen functional groups attached to an aromatic ring is 1. The molecule has 3 N–H and O–H groups in total. The summed E-state index contributed by atoms with van der Waals surface area (Å²) in [6.45, 7) is 3.84. The highest BCUT2D eigenvalue weighted by molar-refractivity contribution is 5.34. The summed E-state index contributed by atoms with van der Waals surface area (Å²) in [6.07, 6.45) is 2.18. The molecule has 0 aliphatic carbocycles. The van der Waals surface area contributed by atoms with Crippen molar-refractivity contribution in [3.63, 3.8) is 0 Å². The minimum atomic E-state index is -0.903. The highest BCUT2D eigenvalue weighted by atomic mass is 16.3. The third-order valence-corrected chi connectivity index (χ3v) is 3.03. The lowest BCUT2D eigenvalue weighted by Gasteiger charge is -2.24. The summed E-state index contributed by atoms with van der Waals surface area (Å²) >= 11 is 0. The van der Waals surface area contributed by atoms with Gasteiger partial charge in [-0.2, -0.15) is 0 Å². The molecule has 1 aromatic heterocycles. The van der Waals surface area contributed by atoms with Crippen LogP contribution in [0.4, 0.5) is 5.82 Å². The summed E-state index contributed by atoms with van der Waals surface area (Å²) in [5.41, 5.74) is 7.78. The normalized spacial score (nSPS) is 14.2. The second kappa shape index (κ2) is 4.78. The average Bonchev–Trinajstić information content (AvgIpc) is 2.28. The van der Waals surface area contributed by atoms with Gasteiger partial charge in [0.2, 0.25) is 0 Å². The minimum Gasteiger partial charge on any atom is -0.385 e. The van der Waals surface area contributed by atoms with E-state index in [0.29, 0.717) is 12.2 Å². The molecule has 1 aromatic carbocycles. The number of benzene rings is 1. The first-order valence-electron chi connectivity index (χ1n) is 5.97. The Labute approximate surface area is 107 Å². The molecule has 0 aliphatic rings. The molecule has 2 rings (SSSR count). The molecule has 3 heteroatoms. The van der Waals surface area contributed by atoms with Crippen molar-refractivity contribution in [2.75, 3.05) is 5.73 Å². The number of rotatable bonds is 3. The van der Waals surface area contributed by atoms with Gasteiger partial charge in [-0.25, -0.2) is 4.98 Å². The predicted octanol–water partition coefficient (Wildman–Crippen LogP) is 2.42. The van der Waals surface area contributed by atoms with Crippen LogP contribution in [0.1, 0.15) is 23.6 Å². The highest BCUT2D eigenvalue weighted by Crippen LogP contribution is 2.26. The Kier molecular flexibility index (Phi) is 3.34. The van der Waals surface area contributed by atoms with E-state index in [1.165, 1.54) is 0 Å². The predicted molar refractivity (Wildman–Crippen MR) is 73.1 cm³/mol. The van der Waals surface area contributed by atoms with Gasteiger partial charge in [-0.1, -0.05) is 29.8 Å². The van der Waals surface area contributed by atoms with Crippen molar-refractivity contribution in [3.05, 3.63) is 59.3 Å². The van der Waals surface area contributed by atoms with Crippen LogP contribution >= 0.6 is 0 Å². The Morgan fingerprint density at radius 2 is 2.06 bits per heavy atom. The van der Waals surface area contributed by atoms with Gasteiger partial charge < -0.3 is 10.8 Å². The van der Waals surface area contributed by atoms with Crippen LogP contribution in [0.5, 0.6) is 0 Å². The van der Waals surface area contributed by atoms with E-state index in [9.17, 15) is 5.11 Å². The summed E-state index contributed by atoms with van der Waals surface area (Å²) in [7, 11) is 0. The number of aromatic nitrogens is 1. The summed E-state index contributed by atoms with van der Waals surface area (Å²) in [5, 5.41) is 10.6. The molecule has 1 atom stereocenters. The molecule has 0 amide bonds. The number of nitrogens with zero attached hydrogens (tertiary/aromatic N) is 1. The van der Waals surface area contributed by atoms with Gasteiger partial charge in [0.15, 0.2) is 0 Å². The molecule has 18 heavy (non-hydrogen) atoms. The maximum absolute atomic E-state index is 10.6. The van der Waals surface area contributed by atoms with Crippen LogP contribution in [0, 0.1) is 6.92 Å². The van der Waals surface area contributed by atoms with E-state index < -0.39 is 5.60 Å². The van der Waals surface area contributed by atoms with Crippen molar-refractivity contribution in [1.29, 1.82) is 0 Å². The zero-order chi connectivity index (χ0) is 13.2. The molecule has 0 saturated heterocycles. The highest BCUT2D eigenvalue weighted by Gasteiger charge is 2.23. The molecule has 0 bridgehead atoms. The van der Waals surface area contributed by atoms with Gasteiger partial charge in [-0.3, -0.25) is 0 Å². The molecule has 0 radical (unpaired) electrons. The molecule has 0 saturated carbocycles. The van der Waals surface area contributed by atoms with Crippen LogP contribution in [0.2, 0.25) is 0 Å². The SMILES string of the molecule is Cc1cccc(C(C)(O)Cc2ccnc(N)c2)c1. The molecule has 2 aromatic rings. The lowest BCUT2D eigenvalue weighted by Crippen LogP contribution is -2.24. The standard InChI is InChI=1S/C15H18N2O/c1-11-4-3-5-13(8-11)15(2,18)10-12-6-7-17-14(16)9-12/h3-9,18H,10H2,1-2H3,(H2,16,17). The number of hydrogen-bond donors (Lipinski definition) is 2. The molecule has 1 heterocycles. The Morgan fingerprint density at radius 1 is 1.28 bits per heavy atom. The Hall–Kier alpha value is -1.87. The van der Waals surface area contributed by atoms with E-state index in [1.807, 2.05) is 44.2 Å². The van der Waals surface area contributed by atoms with Crippen molar-refractivity contribution >= 4 is 5.82 Å². The summed E-state index contributed by atoms with van der Waals surface area (Å²) in [5.74, 6) is 0.479. The van der Waals surface area contributed by atoms with Crippen molar-refractivity contribution in [1.82, 2.24) is 4.98 Å². The van der Waals surface area contributed by atoms with Crippen molar-refractivity contribution in [3.8, 4) is 0 Å². The zero-order valence-corrected chi connectivity index (χ0v) is 10.7. The monoisotopic (exact) mass is 242 g/mol. The third-order valence-electron chi connectivity index (χ3n) is 3.03. The molecular formula is C15H18N2O. The van der Waals surface area contributed by atoms with Crippen molar-refractivity contribution < 1.29 is 5.11 Å². The van der Waals surface area contributed by atoms with Crippen molar-refractivity contribution in [2.45, 2.75) is 25.9 Å². The fourth-order valence-corrected chi connectivity index (χ4v) is 2.08. The first-order chi connectivity index (χ1) is 8.47. The van der Waals surface area contributed by atoms with E-state index >= 15 is 0 Å². The van der Waals surface area contributed by atoms with Gasteiger partial charge in [0.25, 0.3) is 0 Å². The van der Waals surface area contributed by atoms with Gasteiger partial charge in [0, 0.05) is 12.6 Å². The van der Waals surface area contributed by atoms with Crippen LogP contribution < -0.4 is 5.73 Å². The lowest BCUT2D eigenvalue weighted by atomic mass is 9.88. The Balaban J connectivity index is 2.26. The fraction of sp³-hybridized carbons (Fsp3) is 0.267. The van der Waals surface area contributed by atoms with Crippen molar-refractivity contribution in [2.24, 2.45) is 0 Å². The second-order valence-electron chi connectivity index (χ2n) is 4.91. The summed E-state index contributed by atoms with van der Waals surface area (Å²) in [4.78, 5) is 3.95. The van der Waals surface area contributed by atoms with Crippen LogP contribution in [0.3, 0.4) is 0 Å². The van der Waals surface area contributed by atoms with E-state index in [4.69, 9.17) is 5.73 Å². The van der Waals surface area contributed by atoms with E-state index in [2.05, 4.69) is 4.98 Å². The third kappa shape index (κ3) is 2.87. The van der Waals surface area contributed by atoms with Gasteiger partial charge >= 0.3 is 0 Å². The maximum atomic E-state index is 10.6. The Bertz CT molecular complexity index is 550. The molecule has 1 unspecified atom stereocenters. The van der Waals surface area contributed by atoms with Crippen LogP contribution in [0.25, 0.3) is 0 Å². The number of anilines is 1. The van der Waals surface area contributed by atoms with Gasteiger partial charge in [-0.15, -0.1) is 0 Å². The minimum absolute atomic E-state index is 0.479. The van der Waals surface area contributed by atoms with Crippen LogP contribution in [-0.4, -0.2) is 10.1 Å². The van der Waals surface area contributed by atoms with Gasteiger partial charge in [0.1, 0.15) is 5.82 Å². The fourth-order valence-electron chi connectivity index (χ4n) is 2.08. The van der Waals surface area contributed by atoms with Crippen LogP contribution in [-0.2, 0) is 12.0 Å². The largest absolute Gasteiger partial charge is 0.385 e. The first-order valence-corrected chi connectivity index (χ1v) is 5.97. The lowest BCUT2D eigenvalue weighted by molar-refractivity contribution is 0.0576. The van der Waals surface area contributed by atoms with Gasteiger partial charge in [0.05, 0.1) is 5.60 Å². The molecule has 94 valence electrons. The molecule has 0 fully saturated rings. The number of hydrogen-bond acceptors (Lipinski definition) is 3. The molecular weight excluding hydrogens is 224 g/mol. The van der Waals surface area contributed by atoms with E-state index in [1.54, 1.807) is 12.3 Å². The zero-order valence-electron chi connectivity index (χ0n) is 10.7. The van der Waals surface area contributed by atoms with Crippen LogP contribution in [0.15, 0.2) is 42.6 Å². The second-order valence-corrected chi connectivity index (χ2v) is 4.91. The molecule has 3 nitrogen and oxygen atoms in total. The number of pyridine rings is 1. The smallest absolute Gasteiger partial charge is 0.123 e. The first kappa shape index (κ1) is 12.6. The average molecular weight is 242 g/mol. The maximum Gasteiger partial charge on any atom is 0.123 e. The summed E-state index contributed by atoms with van der Waals surface area (Å²) < 4.78 is 0.